The smallest absolute Gasteiger partial charge is 0.158 e. The summed E-state index contributed by atoms with van der Waals surface area (Å²) in [6, 6.07) is 69.9. The minimum atomic E-state index is 0.866. The van der Waals surface area contributed by atoms with E-state index in [-0.39, 0.29) is 0 Å². The van der Waals surface area contributed by atoms with Gasteiger partial charge in [0.1, 0.15) is 0 Å². The summed E-state index contributed by atoms with van der Waals surface area (Å²) in [6.07, 6.45) is 0.866. The lowest BCUT2D eigenvalue weighted by molar-refractivity contribution is -0.591. The normalized spacial score (nSPS) is 11.0. The second kappa shape index (κ2) is 14.2. The van der Waals surface area contributed by atoms with Crippen molar-refractivity contribution in [3.8, 4) is 56.1 Å². The maximum Gasteiger partial charge on any atom is 0.219 e. The molecule has 0 aliphatic heterocycles. The molecule has 8 aromatic rings. The van der Waals surface area contributed by atoms with Crippen LogP contribution in [0.25, 0.3) is 56.1 Å². The highest BCUT2D eigenvalue weighted by molar-refractivity contribution is 5.71. The zero-order valence-electron chi connectivity index (χ0n) is 29.1. The van der Waals surface area contributed by atoms with Crippen molar-refractivity contribution in [3.63, 3.8) is 0 Å². The average molecular weight is 657 g/mol. The first kappa shape index (κ1) is 31.9. The number of aryl methyl sites for hydroxylation is 2. The maximum atomic E-state index is 2.37. The van der Waals surface area contributed by atoms with Gasteiger partial charge in [-0.1, -0.05) is 121 Å². The Morgan fingerprint density at radius 2 is 0.627 bits per heavy atom. The summed E-state index contributed by atoms with van der Waals surface area (Å²) in [5, 5.41) is 0. The number of hydrogen-bond acceptors (Lipinski definition) is 0. The summed E-state index contributed by atoms with van der Waals surface area (Å²) in [6.45, 7) is 4.40. The molecule has 2 aromatic heterocycles. The predicted molar refractivity (Wildman–Crippen MR) is 210 cm³/mol. The van der Waals surface area contributed by atoms with E-state index in [2.05, 4.69) is 217 Å². The van der Waals surface area contributed by atoms with Crippen LogP contribution in [0.3, 0.4) is 0 Å². The first-order valence-corrected chi connectivity index (χ1v) is 17.6. The molecule has 51 heavy (non-hydrogen) atoms. The van der Waals surface area contributed by atoms with E-state index in [1.807, 2.05) is 0 Å². The predicted octanol–water partition coefficient (Wildman–Crippen LogP) is 11.1. The van der Waals surface area contributed by atoms with Crippen molar-refractivity contribution in [2.45, 2.75) is 20.3 Å². The van der Waals surface area contributed by atoms with Crippen molar-refractivity contribution in [2.24, 2.45) is 0 Å². The molecule has 0 unspecified atom stereocenters. The van der Waals surface area contributed by atoms with Crippen molar-refractivity contribution in [1.82, 2.24) is 0 Å². The first-order valence-electron chi connectivity index (χ1n) is 17.6. The van der Waals surface area contributed by atoms with E-state index in [9.17, 15) is 0 Å². The average Bonchev–Trinajstić information content (AvgIpc) is 3.19. The zero-order valence-corrected chi connectivity index (χ0v) is 29.1. The van der Waals surface area contributed by atoms with Crippen LogP contribution < -0.4 is 9.13 Å². The van der Waals surface area contributed by atoms with E-state index in [4.69, 9.17) is 0 Å². The lowest BCUT2D eigenvalue weighted by Crippen LogP contribution is -2.37. The molecule has 0 radical (unpaired) electrons. The van der Waals surface area contributed by atoms with Crippen molar-refractivity contribution < 1.29 is 9.13 Å². The van der Waals surface area contributed by atoms with E-state index >= 15 is 0 Å². The minimum Gasteiger partial charge on any atom is -0.158 e. The van der Waals surface area contributed by atoms with Crippen LogP contribution in [0.1, 0.15) is 22.5 Å². The lowest BCUT2D eigenvalue weighted by Gasteiger charge is -2.11. The maximum absolute atomic E-state index is 2.37. The van der Waals surface area contributed by atoms with E-state index in [1.54, 1.807) is 0 Å². The molecule has 8 rings (SSSR count). The Balaban J connectivity index is 1.09. The van der Waals surface area contributed by atoms with Crippen LogP contribution in [0, 0.1) is 13.8 Å². The Labute approximate surface area is 301 Å². The monoisotopic (exact) mass is 656 g/mol. The minimum absolute atomic E-state index is 0.866. The van der Waals surface area contributed by atoms with Crippen LogP contribution in [0.15, 0.2) is 194 Å². The number of pyridine rings is 2. The Morgan fingerprint density at radius 3 is 0.961 bits per heavy atom. The number of nitrogens with zero attached hydrogens (tertiary/aromatic N) is 2. The summed E-state index contributed by atoms with van der Waals surface area (Å²) < 4.78 is 4.74. The quantitative estimate of drug-likeness (QED) is 0.144. The van der Waals surface area contributed by atoms with Gasteiger partial charge in [0.15, 0.2) is 11.4 Å². The van der Waals surface area contributed by atoms with Crippen molar-refractivity contribution in [1.29, 1.82) is 0 Å². The molecule has 2 heteroatoms. The number of benzene rings is 6. The van der Waals surface area contributed by atoms with Gasteiger partial charge in [-0.25, -0.2) is 0 Å². The van der Waals surface area contributed by atoms with Gasteiger partial charge >= 0.3 is 0 Å². The van der Waals surface area contributed by atoms with Gasteiger partial charge in [0, 0.05) is 73.5 Å². The number of rotatable bonds is 8. The molecule has 0 aliphatic rings. The molecule has 0 bridgehead atoms. The van der Waals surface area contributed by atoms with Gasteiger partial charge in [-0.2, -0.15) is 9.13 Å². The molecule has 6 aromatic carbocycles. The van der Waals surface area contributed by atoms with Gasteiger partial charge in [0.05, 0.1) is 0 Å². The third kappa shape index (κ3) is 6.77. The molecule has 0 aliphatic carbocycles. The third-order valence-corrected chi connectivity index (χ3v) is 9.65. The summed E-state index contributed by atoms with van der Waals surface area (Å²) >= 11 is 0. The number of aromatic nitrogens is 2. The SMILES string of the molecule is Cc1cc(-c2ccccc2)cc(-c2ccccc2)[n+]1-c1ccc(Cc2ccc(-[n+]3c(C)cc(-c4ccccc4)cc3-c3ccccc3)cc2)cc1. The Morgan fingerprint density at radius 1 is 0.314 bits per heavy atom. The molecular weight excluding hydrogens is 617 g/mol. The van der Waals surface area contributed by atoms with Crippen molar-refractivity contribution >= 4 is 0 Å². The second-order valence-electron chi connectivity index (χ2n) is 13.2. The summed E-state index contributed by atoms with van der Waals surface area (Å²) in [5.41, 5.74) is 16.9. The van der Waals surface area contributed by atoms with Gasteiger partial charge < -0.3 is 0 Å². The van der Waals surface area contributed by atoms with Crippen LogP contribution in [0.5, 0.6) is 0 Å². The number of hydrogen-bond donors (Lipinski definition) is 0. The highest BCUT2D eigenvalue weighted by Gasteiger charge is 2.23. The molecule has 0 atom stereocenters. The van der Waals surface area contributed by atoms with Crippen LogP contribution >= 0.6 is 0 Å². The Hall–Kier alpha value is -6.38. The molecule has 0 fully saturated rings. The van der Waals surface area contributed by atoms with Crippen molar-refractivity contribution in [2.75, 3.05) is 0 Å². The summed E-state index contributed by atoms with van der Waals surface area (Å²) in [5.74, 6) is 0. The fourth-order valence-electron chi connectivity index (χ4n) is 7.15. The molecule has 0 saturated carbocycles. The lowest BCUT2D eigenvalue weighted by atomic mass is 10.00. The molecule has 244 valence electrons. The van der Waals surface area contributed by atoms with Crippen molar-refractivity contribution in [3.05, 3.63) is 217 Å². The van der Waals surface area contributed by atoms with Gasteiger partial charge in [0.2, 0.25) is 22.8 Å². The molecule has 2 nitrogen and oxygen atoms in total. The van der Waals surface area contributed by atoms with E-state index in [0.29, 0.717) is 0 Å². The Kier molecular flexibility index (Phi) is 8.89. The molecule has 0 N–H and O–H groups in total. The van der Waals surface area contributed by atoms with E-state index < -0.39 is 0 Å². The molecule has 2 heterocycles. The highest BCUT2D eigenvalue weighted by Crippen LogP contribution is 2.28. The summed E-state index contributed by atoms with van der Waals surface area (Å²) in [7, 11) is 0. The van der Waals surface area contributed by atoms with E-state index in [0.717, 1.165) is 17.8 Å². The zero-order chi connectivity index (χ0) is 34.6. The molecule has 0 amide bonds. The third-order valence-electron chi connectivity index (χ3n) is 9.65. The fraction of sp³-hybridized carbons (Fsp3) is 0.0612. The highest BCUT2D eigenvalue weighted by atomic mass is 15.0. The largest absolute Gasteiger partial charge is 0.219 e. The van der Waals surface area contributed by atoms with Crippen LogP contribution in [0.4, 0.5) is 0 Å². The molecule has 0 spiro atoms. The van der Waals surface area contributed by atoms with Gasteiger partial charge in [-0.15, -0.1) is 0 Å². The molecule has 0 saturated heterocycles. The fourth-order valence-corrected chi connectivity index (χ4v) is 7.15. The summed E-state index contributed by atoms with van der Waals surface area (Å²) in [4.78, 5) is 0. The van der Waals surface area contributed by atoms with Crippen LogP contribution in [0.2, 0.25) is 0 Å². The van der Waals surface area contributed by atoms with Crippen LogP contribution in [-0.2, 0) is 6.42 Å². The van der Waals surface area contributed by atoms with Gasteiger partial charge in [-0.3, -0.25) is 0 Å². The van der Waals surface area contributed by atoms with E-state index in [1.165, 1.54) is 67.3 Å². The second-order valence-corrected chi connectivity index (χ2v) is 13.2. The first-order chi connectivity index (χ1) is 25.1. The topological polar surface area (TPSA) is 7.76 Å². The van der Waals surface area contributed by atoms with Gasteiger partial charge in [0.25, 0.3) is 0 Å². The molecular formula is C49H40N2+2. The van der Waals surface area contributed by atoms with Gasteiger partial charge in [-0.05, 0) is 64.1 Å². The Bertz CT molecular complexity index is 2230. The van der Waals surface area contributed by atoms with Crippen LogP contribution in [-0.4, -0.2) is 0 Å². The standard InChI is InChI=1S/C49H40N2/c1-36-31-44(40-15-7-3-8-16-40)34-48(42-19-11-5-12-20-42)50(36)46-27-23-38(24-28-46)33-39-25-29-47(30-26-39)51-37(2)32-45(41-17-9-4-10-18-41)35-49(51)43-21-13-6-14-22-43/h3-32,34-35H,33H2,1-2H3/q+2.